The highest BCUT2D eigenvalue weighted by Gasteiger charge is 2.16. The second kappa shape index (κ2) is 4.51. The van der Waals surface area contributed by atoms with Gasteiger partial charge in [0.15, 0.2) is 11.6 Å². The first kappa shape index (κ1) is 10.9. The van der Waals surface area contributed by atoms with E-state index < -0.39 is 11.6 Å². The number of allylic oxidation sites excluding steroid dienone is 1. The van der Waals surface area contributed by atoms with Gasteiger partial charge in [-0.1, -0.05) is 12.2 Å². The van der Waals surface area contributed by atoms with Crippen LogP contribution in [0.3, 0.4) is 0 Å². The molecule has 1 unspecified atom stereocenters. The van der Waals surface area contributed by atoms with Gasteiger partial charge in [0, 0.05) is 6.04 Å². The number of rotatable bonds is 2. The van der Waals surface area contributed by atoms with Crippen molar-refractivity contribution in [1.82, 2.24) is 0 Å². The van der Waals surface area contributed by atoms with Crippen molar-refractivity contribution in [2.75, 3.05) is 11.1 Å². The molecule has 1 aliphatic rings. The Morgan fingerprint density at radius 1 is 1.25 bits per heavy atom. The lowest BCUT2D eigenvalue weighted by atomic mass is 10.0. The second-order valence-corrected chi connectivity index (χ2v) is 3.95. The summed E-state index contributed by atoms with van der Waals surface area (Å²) in [6.07, 6.45) is 6.80. The Labute approximate surface area is 93.1 Å². The Morgan fingerprint density at radius 3 is 2.75 bits per heavy atom. The number of nitrogens with one attached hydrogen (secondary N) is 1. The summed E-state index contributed by atoms with van der Waals surface area (Å²) in [5, 5.41) is 2.97. The molecule has 0 saturated carbocycles. The van der Waals surface area contributed by atoms with E-state index in [-0.39, 0.29) is 17.4 Å². The zero-order valence-electron chi connectivity index (χ0n) is 8.84. The van der Waals surface area contributed by atoms with Crippen LogP contribution in [0.5, 0.6) is 0 Å². The van der Waals surface area contributed by atoms with Gasteiger partial charge in [-0.05, 0) is 31.4 Å². The fourth-order valence-electron chi connectivity index (χ4n) is 1.84. The maximum Gasteiger partial charge on any atom is 0.183 e. The molecule has 1 aliphatic carbocycles. The zero-order chi connectivity index (χ0) is 11.5. The van der Waals surface area contributed by atoms with Crippen molar-refractivity contribution in [3.8, 4) is 0 Å². The van der Waals surface area contributed by atoms with E-state index in [2.05, 4.69) is 11.4 Å². The number of hydrogen-bond donors (Lipinski definition) is 2. The Bertz CT molecular complexity index is 416. The van der Waals surface area contributed by atoms with Crippen molar-refractivity contribution in [2.24, 2.45) is 0 Å². The van der Waals surface area contributed by atoms with Gasteiger partial charge in [-0.15, -0.1) is 0 Å². The first-order valence-corrected chi connectivity index (χ1v) is 5.33. The number of anilines is 2. The van der Waals surface area contributed by atoms with Crippen LogP contribution in [0.2, 0.25) is 0 Å². The van der Waals surface area contributed by atoms with Crippen LogP contribution in [0.15, 0.2) is 24.3 Å². The van der Waals surface area contributed by atoms with Gasteiger partial charge in [-0.25, -0.2) is 8.78 Å². The molecule has 2 nitrogen and oxygen atoms in total. The molecule has 2 rings (SSSR count). The SMILES string of the molecule is Nc1ccc(F)c(F)c1NC1CC=CCC1. The number of nitrogens with two attached hydrogens (primary N) is 1. The van der Waals surface area contributed by atoms with E-state index in [0.29, 0.717) is 0 Å². The van der Waals surface area contributed by atoms with Crippen LogP contribution in [0.1, 0.15) is 19.3 Å². The highest BCUT2D eigenvalue weighted by molar-refractivity contribution is 5.67. The Morgan fingerprint density at radius 2 is 2.06 bits per heavy atom. The van der Waals surface area contributed by atoms with Crippen LogP contribution < -0.4 is 11.1 Å². The van der Waals surface area contributed by atoms with Gasteiger partial charge in [-0.3, -0.25) is 0 Å². The number of halogens is 2. The first-order valence-electron chi connectivity index (χ1n) is 5.33. The minimum Gasteiger partial charge on any atom is -0.397 e. The lowest BCUT2D eigenvalue weighted by Crippen LogP contribution is -2.22. The highest BCUT2D eigenvalue weighted by Crippen LogP contribution is 2.27. The van der Waals surface area contributed by atoms with E-state index in [1.54, 1.807) is 0 Å². The minimum atomic E-state index is -0.894. The average Bonchev–Trinajstić information content (AvgIpc) is 2.31. The highest BCUT2D eigenvalue weighted by atomic mass is 19.2. The average molecular weight is 224 g/mol. The molecule has 0 bridgehead atoms. The van der Waals surface area contributed by atoms with Gasteiger partial charge in [0.05, 0.1) is 11.4 Å². The summed E-state index contributed by atoms with van der Waals surface area (Å²) in [5.41, 5.74) is 5.95. The summed E-state index contributed by atoms with van der Waals surface area (Å²) >= 11 is 0. The van der Waals surface area contributed by atoms with Crippen molar-refractivity contribution in [1.29, 1.82) is 0 Å². The summed E-state index contributed by atoms with van der Waals surface area (Å²) in [4.78, 5) is 0. The monoisotopic (exact) mass is 224 g/mol. The number of hydrogen-bond acceptors (Lipinski definition) is 2. The van der Waals surface area contributed by atoms with Crippen molar-refractivity contribution in [3.63, 3.8) is 0 Å². The summed E-state index contributed by atoms with van der Waals surface area (Å²) in [7, 11) is 0. The fourth-order valence-corrected chi connectivity index (χ4v) is 1.84. The van der Waals surface area contributed by atoms with Crippen LogP contribution in [0.25, 0.3) is 0 Å². The van der Waals surface area contributed by atoms with E-state index in [9.17, 15) is 8.78 Å². The molecule has 0 radical (unpaired) electrons. The van der Waals surface area contributed by atoms with Crippen LogP contribution >= 0.6 is 0 Å². The number of benzene rings is 1. The standard InChI is InChI=1S/C12H14F2N2/c13-9-6-7-10(15)12(11(9)14)16-8-4-2-1-3-5-8/h1-2,6-8,16H,3-5,15H2. The lowest BCUT2D eigenvalue weighted by molar-refractivity contribution is 0.508. The third-order valence-corrected chi connectivity index (χ3v) is 2.74. The molecule has 1 aromatic carbocycles. The van der Waals surface area contributed by atoms with Crippen LogP contribution in [0, 0.1) is 11.6 Å². The molecule has 1 aromatic rings. The van der Waals surface area contributed by atoms with Gasteiger partial charge in [-0.2, -0.15) is 0 Å². The van der Waals surface area contributed by atoms with E-state index in [4.69, 9.17) is 5.73 Å². The van der Waals surface area contributed by atoms with Gasteiger partial charge in [0.2, 0.25) is 0 Å². The molecular weight excluding hydrogens is 210 g/mol. The fraction of sp³-hybridized carbons (Fsp3) is 0.333. The summed E-state index contributed by atoms with van der Waals surface area (Å²) < 4.78 is 26.5. The zero-order valence-corrected chi connectivity index (χ0v) is 8.84. The maximum atomic E-state index is 13.5. The van der Waals surface area contributed by atoms with E-state index in [1.807, 2.05) is 6.08 Å². The molecule has 0 saturated heterocycles. The molecule has 0 amide bonds. The van der Waals surface area contributed by atoms with Crippen LogP contribution in [-0.2, 0) is 0 Å². The third kappa shape index (κ3) is 2.15. The van der Waals surface area contributed by atoms with E-state index in [1.165, 1.54) is 6.07 Å². The molecule has 0 spiro atoms. The maximum absolute atomic E-state index is 13.5. The van der Waals surface area contributed by atoms with E-state index >= 15 is 0 Å². The summed E-state index contributed by atoms with van der Waals surface area (Å²) in [6, 6.07) is 2.54. The van der Waals surface area contributed by atoms with Gasteiger partial charge < -0.3 is 11.1 Å². The molecule has 4 heteroatoms. The van der Waals surface area contributed by atoms with Crippen molar-refractivity contribution in [2.45, 2.75) is 25.3 Å². The summed E-state index contributed by atoms with van der Waals surface area (Å²) in [6.45, 7) is 0. The lowest BCUT2D eigenvalue weighted by Gasteiger charge is -2.22. The number of nitrogen functional groups attached to an aromatic ring is 1. The Hall–Kier alpha value is -1.58. The molecule has 86 valence electrons. The minimum absolute atomic E-state index is 0.0836. The first-order chi connectivity index (χ1) is 7.68. The predicted molar refractivity (Wildman–Crippen MR) is 61.2 cm³/mol. The van der Waals surface area contributed by atoms with E-state index in [0.717, 1.165) is 25.3 Å². The van der Waals surface area contributed by atoms with Crippen LogP contribution in [0.4, 0.5) is 20.2 Å². The Balaban J connectivity index is 2.20. The van der Waals surface area contributed by atoms with Crippen molar-refractivity contribution >= 4 is 11.4 Å². The summed E-state index contributed by atoms with van der Waals surface area (Å²) in [5.74, 6) is -1.77. The third-order valence-electron chi connectivity index (χ3n) is 2.74. The molecule has 1 atom stereocenters. The van der Waals surface area contributed by atoms with Gasteiger partial charge in [0.25, 0.3) is 0 Å². The van der Waals surface area contributed by atoms with Crippen molar-refractivity contribution < 1.29 is 8.78 Å². The van der Waals surface area contributed by atoms with Gasteiger partial charge >= 0.3 is 0 Å². The molecule has 3 N–H and O–H groups in total. The smallest absolute Gasteiger partial charge is 0.183 e. The Kier molecular flexibility index (Phi) is 3.08. The quantitative estimate of drug-likeness (QED) is 0.598. The normalized spacial score (nSPS) is 19.8. The molecular formula is C12H14F2N2. The molecule has 0 aromatic heterocycles. The van der Waals surface area contributed by atoms with Crippen LogP contribution in [-0.4, -0.2) is 6.04 Å². The predicted octanol–water partition coefficient (Wildman–Crippen LogP) is 3.07. The molecule has 16 heavy (non-hydrogen) atoms. The van der Waals surface area contributed by atoms with Crippen molar-refractivity contribution in [3.05, 3.63) is 35.9 Å². The molecule has 0 fully saturated rings. The second-order valence-electron chi connectivity index (χ2n) is 3.95. The largest absolute Gasteiger partial charge is 0.397 e. The molecule has 0 heterocycles. The molecule has 0 aliphatic heterocycles. The van der Waals surface area contributed by atoms with Gasteiger partial charge in [0.1, 0.15) is 0 Å². The topological polar surface area (TPSA) is 38.0 Å².